The van der Waals surface area contributed by atoms with Crippen molar-refractivity contribution in [3.63, 3.8) is 0 Å². The van der Waals surface area contributed by atoms with Gasteiger partial charge >= 0.3 is 126 Å². The summed E-state index contributed by atoms with van der Waals surface area (Å²) in [5, 5.41) is 0. The Morgan fingerprint density at radius 1 is 1.10 bits per heavy atom. The van der Waals surface area contributed by atoms with Crippen LogP contribution in [-0.2, 0) is 4.57 Å². The summed E-state index contributed by atoms with van der Waals surface area (Å²) in [7, 11) is -3.88. The summed E-state index contributed by atoms with van der Waals surface area (Å²) in [6.45, 7) is 2.87. The summed E-state index contributed by atoms with van der Waals surface area (Å²) in [4.78, 5) is 15.6. The zero-order valence-electron chi connectivity index (χ0n) is 3.03. The fourth-order valence-electron chi connectivity index (χ4n) is 0. The minimum atomic E-state index is -3.88. The van der Waals surface area contributed by atoms with E-state index in [2.05, 4.69) is 6.58 Å². The molecule has 8 heteroatoms. The summed E-state index contributed by atoms with van der Waals surface area (Å²) in [5.41, 5.74) is 0. The molecule has 0 bridgehead atoms. The van der Waals surface area contributed by atoms with Crippen molar-refractivity contribution in [2.24, 2.45) is 0 Å². The van der Waals surface area contributed by atoms with E-state index in [0.717, 1.165) is 0 Å². The molecular weight excluding hydrogens is 195 g/mol. The van der Waals surface area contributed by atoms with Crippen LogP contribution in [0, 0.1) is 0 Å². The Balaban J connectivity index is -0.0000000208. The molecule has 0 saturated heterocycles. The van der Waals surface area contributed by atoms with E-state index in [1.807, 2.05) is 0 Å². The van der Waals surface area contributed by atoms with Crippen molar-refractivity contribution in [2.75, 3.05) is 0 Å². The molecule has 44 valence electrons. The van der Waals surface area contributed by atoms with Crippen LogP contribution in [0.1, 0.15) is 0 Å². The predicted octanol–water partition coefficient (Wildman–Crippen LogP) is -2.29. The molecule has 0 atom stereocenters. The van der Waals surface area contributed by atoms with Crippen LogP contribution < -0.4 is 0 Å². The van der Waals surface area contributed by atoms with E-state index in [9.17, 15) is 4.57 Å². The van der Waals surface area contributed by atoms with E-state index in [1.54, 1.807) is 0 Å². The van der Waals surface area contributed by atoms with Gasteiger partial charge in [0.25, 0.3) is 0 Å². The van der Waals surface area contributed by atoms with E-state index < -0.39 is 7.60 Å². The van der Waals surface area contributed by atoms with Gasteiger partial charge < -0.3 is 9.79 Å². The van der Waals surface area contributed by atoms with E-state index >= 15 is 0 Å². The second kappa shape index (κ2) is 15.4. The molecular formula is C2H9Na4O3P. The fraction of sp³-hybridized carbons (Fsp3) is 0. The summed E-state index contributed by atoms with van der Waals surface area (Å²) >= 11 is 0. The number of rotatable bonds is 1. The molecule has 2 N–H and O–H groups in total. The summed E-state index contributed by atoms with van der Waals surface area (Å²) in [5.74, 6) is 0.604. The van der Waals surface area contributed by atoms with Gasteiger partial charge in [-0.25, -0.2) is 0 Å². The number of hydrogen-bond donors (Lipinski definition) is 2. The van der Waals surface area contributed by atoms with Crippen molar-refractivity contribution in [2.45, 2.75) is 0 Å². The van der Waals surface area contributed by atoms with Gasteiger partial charge in [0, 0.05) is 5.82 Å². The first-order valence-corrected chi connectivity index (χ1v) is 2.93. The van der Waals surface area contributed by atoms with E-state index in [4.69, 9.17) is 9.79 Å². The molecule has 0 amide bonds. The SMILES string of the molecule is C=CP(=O)(O)O.[NaH].[NaH].[NaH].[NaH]. The van der Waals surface area contributed by atoms with E-state index in [1.165, 1.54) is 0 Å². The van der Waals surface area contributed by atoms with Crippen LogP contribution in [0.5, 0.6) is 0 Å². The Hall–Kier alpha value is 3.89. The molecule has 0 radical (unpaired) electrons. The van der Waals surface area contributed by atoms with Crippen LogP contribution in [0.2, 0.25) is 0 Å². The summed E-state index contributed by atoms with van der Waals surface area (Å²) in [6.07, 6.45) is 0. The third kappa shape index (κ3) is 29.7. The first-order valence-electron chi connectivity index (χ1n) is 1.25. The standard InChI is InChI=1S/C2H5O3P.4Na.4H/c1-2-6(3,4)5;;;;;;;;/h2H,1H2,(H2,3,4,5);;;;;;;;. The quantitative estimate of drug-likeness (QED) is 0.373. The summed E-state index contributed by atoms with van der Waals surface area (Å²) < 4.78 is 9.58. The second-order valence-electron chi connectivity index (χ2n) is 0.772. The molecule has 0 saturated carbocycles. The summed E-state index contributed by atoms with van der Waals surface area (Å²) in [6, 6.07) is 0. The molecule has 0 unspecified atom stereocenters. The second-order valence-corrected chi connectivity index (χ2v) is 2.31. The van der Waals surface area contributed by atoms with E-state index in [-0.39, 0.29) is 118 Å². The van der Waals surface area contributed by atoms with Gasteiger partial charge in [-0.2, -0.15) is 0 Å². The molecule has 0 aliphatic heterocycles. The van der Waals surface area contributed by atoms with E-state index in [0.29, 0.717) is 5.82 Å². The Bertz CT molecular complexity index is 101. The molecule has 0 aromatic carbocycles. The Kier molecular flexibility index (Phi) is 44.9. The molecule has 0 rings (SSSR count). The molecule has 0 spiro atoms. The van der Waals surface area contributed by atoms with Crippen molar-refractivity contribution >= 4 is 126 Å². The van der Waals surface area contributed by atoms with Crippen LogP contribution >= 0.6 is 7.60 Å². The van der Waals surface area contributed by atoms with Gasteiger partial charge in [-0.05, 0) is 0 Å². The van der Waals surface area contributed by atoms with Gasteiger partial charge in [0.15, 0.2) is 0 Å². The van der Waals surface area contributed by atoms with Crippen molar-refractivity contribution in [3.8, 4) is 0 Å². The zero-order chi connectivity index (χ0) is 5.21. The third-order valence-electron chi connectivity index (χ3n) is 0.238. The normalized spacial score (nSPS) is 6.60. The third-order valence-corrected chi connectivity index (χ3v) is 0.714. The Morgan fingerprint density at radius 3 is 1.20 bits per heavy atom. The van der Waals surface area contributed by atoms with Gasteiger partial charge in [-0.15, -0.1) is 0 Å². The minimum absolute atomic E-state index is 0. The average molecular weight is 204 g/mol. The maximum absolute atomic E-state index is 9.58. The van der Waals surface area contributed by atoms with Crippen molar-refractivity contribution in [1.82, 2.24) is 0 Å². The van der Waals surface area contributed by atoms with Gasteiger partial charge in [0.1, 0.15) is 0 Å². The van der Waals surface area contributed by atoms with Crippen LogP contribution in [0.3, 0.4) is 0 Å². The fourth-order valence-corrected chi connectivity index (χ4v) is 0. The monoisotopic (exact) mass is 204 g/mol. The van der Waals surface area contributed by atoms with Gasteiger partial charge in [-0.1, -0.05) is 6.58 Å². The predicted molar refractivity (Wildman–Crippen MR) is 50.8 cm³/mol. The first-order chi connectivity index (χ1) is 2.56. The van der Waals surface area contributed by atoms with Gasteiger partial charge in [0.2, 0.25) is 0 Å². The van der Waals surface area contributed by atoms with Gasteiger partial charge in [0.05, 0.1) is 0 Å². The molecule has 0 aliphatic rings. The van der Waals surface area contributed by atoms with Crippen LogP contribution in [0.4, 0.5) is 0 Å². The molecule has 0 aliphatic carbocycles. The van der Waals surface area contributed by atoms with Crippen molar-refractivity contribution in [3.05, 3.63) is 12.4 Å². The molecule has 3 nitrogen and oxygen atoms in total. The van der Waals surface area contributed by atoms with Crippen LogP contribution in [0.15, 0.2) is 12.4 Å². The van der Waals surface area contributed by atoms with Crippen molar-refractivity contribution in [1.29, 1.82) is 0 Å². The topological polar surface area (TPSA) is 57.5 Å². The maximum atomic E-state index is 9.58. The number of hydrogen-bond acceptors (Lipinski definition) is 1. The first kappa shape index (κ1) is 29.2. The molecule has 0 heterocycles. The van der Waals surface area contributed by atoms with Crippen LogP contribution in [0.25, 0.3) is 0 Å². The molecule has 0 aromatic heterocycles. The molecule has 0 fully saturated rings. The molecule has 0 aromatic rings. The zero-order valence-corrected chi connectivity index (χ0v) is 3.93. The average Bonchev–Trinajstić information content (AvgIpc) is 1.35. The Morgan fingerprint density at radius 2 is 1.20 bits per heavy atom. The molecule has 10 heavy (non-hydrogen) atoms. The van der Waals surface area contributed by atoms with Gasteiger partial charge in [-0.3, -0.25) is 4.57 Å². The Labute approximate surface area is 149 Å². The van der Waals surface area contributed by atoms with Crippen LogP contribution in [-0.4, -0.2) is 128 Å². The van der Waals surface area contributed by atoms with Crippen molar-refractivity contribution < 1.29 is 14.4 Å².